The number of amides is 2. The summed E-state index contributed by atoms with van der Waals surface area (Å²) in [5, 5.41) is 2.97. The van der Waals surface area contributed by atoms with Gasteiger partial charge in [-0.15, -0.1) is 0 Å². The second-order valence-electron chi connectivity index (χ2n) is 7.93. The number of ether oxygens (including phenoxy) is 1. The van der Waals surface area contributed by atoms with E-state index in [1.54, 1.807) is 45.5 Å². The number of hydrogen-bond donors (Lipinski definition) is 1. The van der Waals surface area contributed by atoms with Crippen molar-refractivity contribution in [3.05, 3.63) is 59.7 Å². The van der Waals surface area contributed by atoms with Gasteiger partial charge in [-0.05, 0) is 61.3 Å². The second-order valence-corrected chi connectivity index (χ2v) is 7.93. The number of benzene rings is 2. The van der Waals surface area contributed by atoms with E-state index in [4.69, 9.17) is 4.74 Å². The van der Waals surface area contributed by atoms with Crippen LogP contribution in [0.4, 0.5) is 5.69 Å². The van der Waals surface area contributed by atoms with Crippen LogP contribution in [0.1, 0.15) is 47.6 Å². The average Bonchev–Trinajstić information content (AvgIpc) is 2.99. The molecule has 0 spiro atoms. The minimum Gasteiger partial charge on any atom is -0.497 e. The summed E-state index contributed by atoms with van der Waals surface area (Å²) in [5.41, 5.74) is 2.52. The normalized spacial score (nSPS) is 17.1. The number of nitrogens with zero attached hydrogens (tertiary/aromatic N) is 2. The molecule has 6 nitrogen and oxygen atoms in total. The number of nitrogens with one attached hydrogen (secondary N) is 1. The van der Waals surface area contributed by atoms with Crippen molar-refractivity contribution < 1.29 is 14.3 Å². The fraction of sp³-hybridized carbons (Fsp3) is 0.417. The first-order valence-electron chi connectivity index (χ1n) is 10.5. The van der Waals surface area contributed by atoms with E-state index in [2.05, 4.69) is 22.3 Å². The van der Waals surface area contributed by atoms with Crippen LogP contribution in [-0.2, 0) is 4.79 Å². The van der Waals surface area contributed by atoms with Gasteiger partial charge in [0.1, 0.15) is 5.75 Å². The number of carbonyl (C=O) groups excluding carboxylic acids is 2. The van der Waals surface area contributed by atoms with Crippen LogP contribution in [0.25, 0.3) is 0 Å². The van der Waals surface area contributed by atoms with Crippen LogP contribution in [0.15, 0.2) is 48.5 Å². The summed E-state index contributed by atoms with van der Waals surface area (Å²) >= 11 is 0. The Morgan fingerprint density at radius 1 is 1.03 bits per heavy atom. The molecule has 0 unspecified atom stereocenters. The molecule has 1 N–H and O–H groups in total. The van der Waals surface area contributed by atoms with Crippen molar-refractivity contribution in [1.29, 1.82) is 0 Å². The van der Waals surface area contributed by atoms with Gasteiger partial charge in [-0.25, -0.2) is 0 Å². The van der Waals surface area contributed by atoms with Gasteiger partial charge in [0, 0.05) is 31.4 Å². The van der Waals surface area contributed by atoms with Crippen LogP contribution in [-0.4, -0.2) is 55.9 Å². The first-order valence-corrected chi connectivity index (χ1v) is 10.5. The quantitative estimate of drug-likeness (QED) is 0.785. The van der Waals surface area contributed by atoms with E-state index in [0.717, 1.165) is 31.6 Å². The molecule has 1 aliphatic rings. The first kappa shape index (κ1) is 21.8. The Balaban J connectivity index is 1.66. The molecule has 30 heavy (non-hydrogen) atoms. The predicted molar refractivity (Wildman–Crippen MR) is 119 cm³/mol. The number of rotatable bonds is 6. The topological polar surface area (TPSA) is 61.9 Å². The van der Waals surface area contributed by atoms with Gasteiger partial charge >= 0.3 is 0 Å². The van der Waals surface area contributed by atoms with E-state index in [-0.39, 0.29) is 17.9 Å². The maximum Gasteiger partial charge on any atom is 0.253 e. The average molecular weight is 410 g/mol. The fourth-order valence-electron chi connectivity index (χ4n) is 3.90. The summed E-state index contributed by atoms with van der Waals surface area (Å²) in [4.78, 5) is 28.6. The lowest BCUT2D eigenvalue weighted by atomic mass is 10.0. The van der Waals surface area contributed by atoms with Crippen molar-refractivity contribution >= 4 is 17.5 Å². The second kappa shape index (κ2) is 10.3. The van der Waals surface area contributed by atoms with Gasteiger partial charge in [0.2, 0.25) is 5.91 Å². The Morgan fingerprint density at radius 3 is 2.37 bits per heavy atom. The highest BCUT2D eigenvalue weighted by molar-refractivity contribution is 5.96. The van der Waals surface area contributed by atoms with Gasteiger partial charge in [0.05, 0.1) is 13.7 Å². The van der Waals surface area contributed by atoms with Gasteiger partial charge in [0.15, 0.2) is 0 Å². The monoisotopic (exact) mass is 409 g/mol. The molecule has 2 amide bonds. The molecular weight excluding hydrogens is 378 g/mol. The number of hydrogen-bond acceptors (Lipinski definition) is 4. The van der Waals surface area contributed by atoms with Crippen molar-refractivity contribution in [2.45, 2.75) is 31.7 Å². The van der Waals surface area contributed by atoms with E-state index >= 15 is 0 Å². The Labute approximate surface area is 178 Å². The van der Waals surface area contributed by atoms with Crippen LogP contribution >= 0.6 is 0 Å². The summed E-state index contributed by atoms with van der Waals surface area (Å²) < 4.78 is 5.27. The molecule has 1 aliphatic heterocycles. The van der Waals surface area contributed by atoms with E-state index < -0.39 is 0 Å². The molecular formula is C24H31N3O3. The van der Waals surface area contributed by atoms with Crippen LogP contribution < -0.4 is 10.1 Å². The first-order chi connectivity index (χ1) is 14.5. The Morgan fingerprint density at radius 2 is 1.73 bits per heavy atom. The van der Waals surface area contributed by atoms with Crippen molar-refractivity contribution in [2.24, 2.45) is 0 Å². The zero-order chi connectivity index (χ0) is 21.5. The highest BCUT2D eigenvalue weighted by Gasteiger charge is 2.24. The molecule has 6 heteroatoms. The molecule has 1 atom stereocenters. The molecule has 0 saturated carbocycles. The smallest absolute Gasteiger partial charge is 0.253 e. The molecule has 1 heterocycles. The fourth-order valence-corrected chi connectivity index (χ4v) is 3.90. The van der Waals surface area contributed by atoms with Crippen LogP contribution in [0.2, 0.25) is 0 Å². The summed E-state index contributed by atoms with van der Waals surface area (Å²) in [6, 6.07) is 15.4. The summed E-state index contributed by atoms with van der Waals surface area (Å²) in [7, 11) is 5.11. The van der Waals surface area contributed by atoms with E-state index in [1.807, 2.05) is 12.1 Å². The molecule has 3 rings (SSSR count). The lowest BCUT2D eigenvalue weighted by Gasteiger charge is -2.29. The Bertz CT molecular complexity index is 847. The molecule has 2 aromatic rings. The number of carbonyl (C=O) groups is 2. The Kier molecular flexibility index (Phi) is 7.46. The maximum absolute atomic E-state index is 12.7. The summed E-state index contributed by atoms with van der Waals surface area (Å²) in [6.45, 7) is 1.25. The molecule has 1 saturated heterocycles. The predicted octanol–water partition coefficient (Wildman–Crippen LogP) is 3.95. The van der Waals surface area contributed by atoms with E-state index in [9.17, 15) is 9.59 Å². The molecule has 1 fully saturated rings. The van der Waals surface area contributed by atoms with E-state index in [0.29, 0.717) is 17.8 Å². The van der Waals surface area contributed by atoms with Crippen molar-refractivity contribution in [3.8, 4) is 5.75 Å². The molecule has 160 valence electrons. The van der Waals surface area contributed by atoms with Gasteiger partial charge in [-0.3, -0.25) is 14.5 Å². The van der Waals surface area contributed by atoms with Crippen molar-refractivity contribution in [1.82, 2.24) is 9.80 Å². The van der Waals surface area contributed by atoms with Crippen LogP contribution in [0.5, 0.6) is 5.75 Å². The van der Waals surface area contributed by atoms with E-state index in [1.165, 1.54) is 16.9 Å². The molecule has 0 radical (unpaired) electrons. The highest BCUT2D eigenvalue weighted by Crippen LogP contribution is 2.31. The molecule has 0 aliphatic carbocycles. The van der Waals surface area contributed by atoms with Crippen LogP contribution in [0.3, 0.4) is 0 Å². The SMILES string of the molecule is COc1ccc([C@H]2CCCCCN2CC(=O)Nc2ccc(C(=O)N(C)C)cc2)cc1. The minimum absolute atomic E-state index is 0.0397. The molecule has 0 aromatic heterocycles. The third-order valence-corrected chi connectivity index (χ3v) is 5.53. The summed E-state index contributed by atoms with van der Waals surface area (Å²) in [5.74, 6) is 0.745. The van der Waals surface area contributed by atoms with Crippen molar-refractivity contribution in [3.63, 3.8) is 0 Å². The molecule has 2 aromatic carbocycles. The van der Waals surface area contributed by atoms with Gasteiger partial charge in [-0.2, -0.15) is 0 Å². The zero-order valence-corrected chi connectivity index (χ0v) is 18.1. The van der Waals surface area contributed by atoms with Gasteiger partial charge in [-0.1, -0.05) is 25.0 Å². The number of likely N-dealkylation sites (tertiary alicyclic amines) is 1. The summed E-state index contributed by atoms with van der Waals surface area (Å²) in [6.07, 6.45) is 4.49. The van der Waals surface area contributed by atoms with Crippen LogP contribution in [0, 0.1) is 0 Å². The standard InChI is InChI=1S/C24H31N3O3/c1-26(2)24(29)19-8-12-20(13-9-19)25-23(28)17-27-16-6-4-5-7-22(27)18-10-14-21(30-3)15-11-18/h8-15,22H,4-7,16-17H2,1-3H3,(H,25,28)/t22-/m1/s1. The highest BCUT2D eigenvalue weighted by atomic mass is 16.5. The minimum atomic E-state index is -0.0558. The third kappa shape index (κ3) is 5.60. The largest absolute Gasteiger partial charge is 0.497 e. The number of methoxy groups -OCH3 is 1. The van der Waals surface area contributed by atoms with Crippen molar-refractivity contribution in [2.75, 3.05) is 39.6 Å². The zero-order valence-electron chi connectivity index (χ0n) is 18.1. The van der Waals surface area contributed by atoms with Gasteiger partial charge < -0.3 is 15.0 Å². The van der Waals surface area contributed by atoms with Gasteiger partial charge in [0.25, 0.3) is 5.91 Å². The Hall–Kier alpha value is -2.86. The molecule has 0 bridgehead atoms. The lowest BCUT2D eigenvalue weighted by molar-refractivity contribution is -0.117. The lowest BCUT2D eigenvalue weighted by Crippen LogP contribution is -2.36. The third-order valence-electron chi connectivity index (χ3n) is 5.53. The maximum atomic E-state index is 12.7. The number of anilines is 1.